The summed E-state index contributed by atoms with van der Waals surface area (Å²) in [6, 6.07) is 8.98. The number of carbonyl (C=O) groups excluding carboxylic acids is 1. The fraction of sp³-hybridized carbons (Fsp3) is 0.320. The summed E-state index contributed by atoms with van der Waals surface area (Å²) in [6.07, 6.45) is -4.00. The van der Waals surface area contributed by atoms with Crippen molar-refractivity contribution in [2.24, 2.45) is 5.41 Å². The van der Waals surface area contributed by atoms with E-state index in [1.807, 2.05) is 6.92 Å². The Kier molecular flexibility index (Phi) is 7.23. The summed E-state index contributed by atoms with van der Waals surface area (Å²) < 4.78 is 44.4. The van der Waals surface area contributed by atoms with Gasteiger partial charge >= 0.3 is 12.1 Å². The van der Waals surface area contributed by atoms with E-state index >= 15 is 0 Å². The number of carbonyl (C=O) groups is 2. The zero-order valence-corrected chi connectivity index (χ0v) is 19.3. The van der Waals surface area contributed by atoms with Gasteiger partial charge in [0, 0.05) is 11.5 Å². The molecule has 3 rings (SSSR count). The Labute approximate surface area is 198 Å². The number of H-pyrrole nitrogens is 1. The lowest BCUT2D eigenvalue weighted by Gasteiger charge is -2.31. The van der Waals surface area contributed by atoms with Crippen molar-refractivity contribution in [1.29, 1.82) is 0 Å². The fourth-order valence-corrected chi connectivity index (χ4v) is 3.47. The second-order valence-electron chi connectivity index (χ2n) is 8.80. The average Bonchev–Trinajstić information content (AvgIpc) is 2.80. The number of aliphatic carboxylic acids is 1. The molecule has 0 saturated heterocycles. The van der Waals surface area contributed by atoms with Gasteiger partial charge in [-0.3, -0.25) is 9.59 Å². The number of carboxylic acids is 1. The molecule has 0 radical (unpaired) electrons. The number of hydrogen-bond donors (Lipinski definition) is 3. The minimum Gasteiger partial charge on any atom is -0.486 e. The van der Waals surface area contributed by atoms with E-state index in [2.05, 4.69) is 10.3 Å². The maximum atomic E-state index is 13.2. The molecule has 1 aromatic heterocycles. The molecule has 1 amide bonds. The fourth-order valence-electron chi connectivity index (χ4n) is 3.47. The molecule has 10 heteroatoms. The summed E-state index contributed by atoms with van der Waals surface area (Å²) in [5.41, 5.74) is -1.44. The first-order valence-electron chi connectivity index (χ1n) is 10.8. The Morgan fingerprint density at radius 1 is 1.06 bits per heavy atom. The van der Waals surface area contributed by atoms with Gasteiger partial charge in [0.05, 0.1) is 16.6 Å². The standard InChI is InChI=1S/C25H25F3N2O5/c1-4-24(2,3)21(23(33)34)30-22(32)17-11-7-15-8-12-18(31)29-19(15)20(17)35-13-14-5-9-16(10-6-14)25(26,27)28/h5-12,21H,4,13H2,1-3H3,(H,29,31)(H,30,32)(H,33,34)/t21-/m1/s1. The molecule has 0 aliphatic rings. The minimum atomic E-state index is -4.48. The maximum Gasteiger partial charge on any atom is 0.416 e. The van der Waals surface area contributed by atoms with E-state index in [0.29, 0.717) is 17.4 Å². The molecule has 1 heterocycles. The smallest absolute Gasteiger partial charge is 0.416 e. The molecular weight excluding hydrogens is 465 g/mol. The maximum absolute atomic E-state index is 13.2. The van der Waals surface area contributed by atoms with Crippen LogP contribution in [0.25, 0.3) is 10.9 Å². The average molecular weight is 490 g/mol. The van der Waals surface area contributed by atoms with Crippen LogP contribution in [0.15, 0.2) is 53.3 Å². The van der Waals surface area contributed by atoms with Crippen LogP contribution < -0.4 is 15.6 Å². The Morgan fingerprint density at radius 2 is 1.69 bits per heavy atom. The van der Waals surface area contributed by atoms with Crippen LogP contribution in [0, 0.1) is 5.41 Å². The molecule has 35 heavy (non-hydrogen) atoms. The summed E-state index contributed by atoms with van der Waals surface area (Å²) >= 11 is 0. The minimum absolute atomic E-state index is 0.0176. The van der Waals surface area contributed by atoms with Gasteiger partial charge in [0.2, 0.25) is 5.56 Å². The second-order valence-corrected chi connectivity index (χ2v) is 8.80. The van der Waals surface area contributed by atoms with Crippen LogP contribution in [0.5, 0.6) is 5.75 Å². The SMILES string of the molecule is CCC(C)(C)[C@H](NC(=O)c1ccc2ccc(=O)[nH]c2c1OCc1ccc(C(F)(F)F)cc1)C(=O)O. The van der Waals surface area contributed by atoms with Gasteiger partial charge in [-0.25, -0.2) is 4.79 Å². The van der Waals surface area contributed by atoms with Crippen molar-refractivity contribution in [2.45, 2.75) is 46.0 Å². The van der Waals surface area contributed by atoms with Gasteiger partial charge in [0.1, 0.15) is 12.6 Å². The molecule has 0 spiro atoms. The number of hydrogen-bond acceptors (Lipinski definition) is 4. The van der Waals surface area contributed by atoms with E-state index in [-0.39, 0.29) is 23.4 Å². The van der Waals surface area contributed by atoms with Crippen LogP contribution in [-0.2, 0) is 17.6 Å². The normalized spacial score (nSPS) is 12.9. The molecule has 0 bridgehead atoms. The van der Waals surface area contributed by atoms with Gasteiger partial charge in [-0.05, 0) is 41.7 Å². The van der Waals surface area contributed by atoms with Crippen LogP contribution in [0.3, 0.4) is 0 Å². The van der Waals surface area contributed by atoms with Crippen molar-refractivity contribution < 1.29 is 32.6 Å². The van der Waals surface area contributed by atoms with Crippen LogP contribution in [0.4, 0.5) is 13.2 Å². The Balaban J connectivity index is 1.99. The highest BCUT2D eigenvalue weighted by molar-refractivity contribution is 6.04. The predicted molar refractivity (Wildman–Crippen MR) is 123 cm³/mol. The van der Waals surface area contributed by atoms with Gasteiger partial charge in [0.15, 0.2) is 5.75 Å². The topological polar surface area (TPSA) is 108 Å². The number of rotatable bonds is 8. The van der Waals surface area contributed by atoms with E-state index in [9.17, 15) is 32.7 Å². The van der Waals surface area contributed by atoms with Crippen molar-refractivity contribution in [3.05, 3.63) is 75.6 Å². The van der Waals surface area contributed by atoms with Gasteiger partial charge in [-0.15, -0.1) is 0 Å². The van der Waals surface area contributed by atoms with Crippen molar-refractivity contribution in [3.8, 4) is 5.75 Å². The summed E-state index contributed by atoms with van der Waals surface area (Å²) in [7, 11) is 0. The van der Waals surface area contributed by atoms with Crippen LogP contribution in [0.2, 0.25) is 0 Å². The number of benzene rings is 2. The van der Waals surface area contributed by atoms with Gasteiger partial charge in [-0.1, -0.05) is 39.0 Å². The highest BCUT2D eigenvalue weighted by Crippen LogP contribution is 2.32. The molecule has 1 atom stereocenters. The molecule has 0 fully saturated rings. The highest BCUT2D eigenvalue weighted by atomic mass is 19.4. The quantitative estimate of drug-likeness (QED) is 0.423. The molecule has 0 saturated carbocycles. The number of aromatic nitrogens is 1. The van der Waals surface area contributed by atoms with Crippen molar-refractivity contribution >= 4 is 22.8 Å². The number of aromatic amines is 1. The number of nitrogens with one attached hydrogen (secondary N) is 2. The number of alkyl halides is 3. The molecule has 0 aliphatic heterocycles. The molecular formula is C25H25F3N2O5. The van der Waals surface area contributed by atoms with Gasteiger partial charge in [-0.2, -0.15) is 13.2 Å². The predicted octanol–water partition coefficient (Wildman–Crippen LogP) is 4.75. The molecule has 186 valence electrons. The van der Waals surface area contributed by atoms with E-state index in [4.69, 9.17) is 4.74 Å². The Hall–Kier alpha value is -3.82. The monoisotopic (exact) mass is 490 g/mol. The number of fused-ring (bicyclic) bond motifs is 1. The molecule has 3 N–H and O–H groups in total. The first kappa shape index (κ1) is 25.8. The van der Waals surface area contributed by atoms with Crippen LogP contribution in [-0.4, -0.2) is 28.0 Å². The largest absolute Gasteiger partial charge is 0.486 e. The molecule has 3 aromatic rings. The van der Waals surface area contributed by atoms with Crippen LogP contribution in [0.1, 0.15) is 48.7 Å². The lowest BCUT2D eigenvalue weighted by molar-refractivity contribution is -0.142. The summed E-state index contributed by atoms with van der Waals surface area (Å²) in [4.78, 5) is 39.6. The van der Waals surface area contributed by atoms with E-state index in [0.717, 1.165) is 12.1 Å². The highest BCUT2D eigenvalue weighted by Gasteiger charge is 2.36. The van der Waals surface area contributed by atoms with Crippen LogP contribution >= 0.6 is 0 Å². The number of halogens is 3. The number of amides is 1. The third-order valence-electron chi connectivity index (χ3n) is 5.98. The zero-order chi connectivity index (χ0) is 26.0. The zero-order valence-electron chi connectivity index (χ0n) is 19.3. The lowest BCUT2D eigenvalue weighted by Crippen LogP contribution is -2.50. The Bertz CT molecular complexity index is 1300. The molecule has 7 nitrogen and oxygen atoms in total. The molecule has 2 aromatic carbocycles. The van der Waals surface area contributed by atoms with E-state index in [1.165, 1.54) is 30.3 Å². The second kappa shape index (κ2) is 9.81. The molecule has 0 unspecified atom stereocenters. The summed E-state index contributed by atoms with van der Waals surface area (Å²) in [5.74, 6) is -1.95. The first-order valence-corrected chi connectivity index (χ1v) is 10.8. The van der Waals surface area contributed by atoms with Gasteiger partial charge in [0.25, 0.3) is 5.91 Å². The third kappa shape index (κ3) is 5.82. The third-order valence-corrected chi connectivity index (χ3v) is 5.98. The first-order chi connectivity index (χ1) is 16.3. The molecule has 0 aliphatic carbocycles. The number of pyridine rings is 1. The number of carboxylic acid groups (broad SMARTS) is 1. The van der Waals surface area contributed by atoms with Crippen molar-refractivity contribution in [2.75, 3.05) is 0 Å². The lowest BCUT2D eigenvalue weighted by atomic mass is 9.81. The van der Waals surface area contributed by atoms with E-state index < -0.39 is 40.6 Å². The summed E-state index contributed by atoms with van der Waals surface area (Å²) in [5, 5.41) is 12.8. The number of ether oxygens (including phenoxy) is 1. The Morgan fingerprint density at radius 3 is 2.26 bits per heavy atom. The van der Waals surface area contributed by atoms with Crippen molar-refractivity contribution in [3.63, 3.8) is 0 Å². The van der Waals surface area contributed by atoms with Crippen molar-refractivity contribution in [1.82, 2.24) is 10.3 Å². The van der Waals surface area contributed by atoms with Gasteiger partial charge < -0.3 is 20.1 Å². The van der Waals surface area contributed by atoms with E-state index in [1.54, 1.807) is 19.9 Å². The summed E-state index contributed by atoms with van der Waals surface area (Å²) in [6.45, 7) is 5.04.